The van der Waals surface area contributed by atoms with Crippen molar-refractivity contribution in [3.05, 3.63) is 51.0 Å². The first-order chi connectivity index (χ1) is 9.54. The molecule has 1 atom stereocenters. The highest BCUT2D eigenvalue weighted by Crippen LogP contribution is 2.31. The van der Waals surface area contributed by atoms with Crippen LogP contribution in [-0.2, 0) is 13.0 Å². The van der Waals surface area contributed by atoms with Gasteiger partial charge in [-0.3, -0.25) is 0 Å². The van der Waals surface area contributed by atoms with Gasteiger partial charge in [0.2, 0.25) is 5.95 Å². The Morgan fingerprint density at radius 1 is 1.40 bits per heavy atom. The summed E-state index contributed by atoms with van der Waals surface area (Å²) in [6, 6.07) is 4.83. The second kappa shape index (κ2) is 5.10. The molecule has 2 heterocycles. The van der Waals surface area contributed by atoms with Gasteiger partial charge in [0.1, 0.15) is 5.82 Å². The molecule has 4 nitrogen and oxygen atoms in total. The molecule has 0 fully saturated rings. The zero-order valence-corrected chi connectivity index (χ0v) is 12.5. The maximum Gasteiger partial charge on any atom is 0.220 e. The lowest BCUT2D eigenvalue weighted by Gasteiger charge is -2.27. The maximum absolute atomic E-state index is 13.2. The van der Waals surface area contributed by atoms with Crippen LogP contribution in [0.25, 0.3) is 0 Å². The van der Waals surface area contributed by atoms with Gasteiger partial charge in [-0.25, -0.2) is 14.4 Å². The summed E-state index contributed by atoms with van der Waals surface area (Å²) >= 11 is 3.41. The lowest BCUT2D eigenvalue weighted by Crippen LogP contribution is -2.30. The fraction of sp³-hybridized carbons (Fsp3) is 0.286. The first kappa shape index (κ1) is 13.5. The number of rotatable bonds is 1. The number of nitrogens with one attached hydrogen (secondary N) is 1. The standard InChI is InChI=1S/C14H14BrFN4/c1-7-10-6-18-12(5-13(10)20-14(17)19-7)9-3-2-8(16)4-11(9)15/h2-4,12,18H,5-6H2,1H3,(H2,17,19,20)/t12-/m1/s1. The van der Waals surface area contributed by atoms with Crippen LogP contribution in [0.3, 0.4) is 0 Å². The molecule has 0 spiro atoms. The number of anilines is 1. The summed E-state index contributed by atoms with van der Waals surface area (Å²) in [7, 11) is 0. The lowest BCUT2D eigenvalue weighted by molar-refractivity contribution is 0.484. The smallest absolute Gasteiger partial charge is 0.220 e. The highest BCUT2D eigenvalue weighted by atomic mass is 79.9. The summed E-state index contributed by atoms with van der Waals surface area (Å²) in [4.78, 5) is 8.52. The minimum atomic E-state index is -0.251. The number of fused-ring (bicyclic) bond motifs is 1. The third kappa shape index (κ3) is 2.41. The molecular weight excluding hydrogens is 323 g/mol. The molecule has 3 N–H and O–H groups in total. The van der Waals surface area contributed by atoms with Gasteiger partial charge in [-0.1, -0.05) is 22.0 Å². The molecule has 1 aliphatic rings. The number of benzene rings is 1. The molecule has 1 aromatic carbocycles. The first-order valence-corrected chi connectivity index (χ1v) is 7.14. The van der Waals surface area contributed by atoms with Crippen molar-refractivity contribution in [2.24, 2.45) is 0 Å². The minimum Gasteiger partial charge on any atom is -0.368 e. The molecule has 3 rings (SSSR count). The summed E-state index contributed by atoms with van der Waals surface area (Å²) < 4.78 is 13.9. The van der Waals surface area contributed by atoms with Crippen molar-refractivity contribution >= 4 is 21.9 Å². The fourth-order valence-electron chi connectivity index (χ4n) is 2.57. The quantitative estimate of drug-likeness (QED) is 0.840. The van der Waals surface area contributed by atoms with E-state index in [1.807, 2.05) is 6.92 Å². The van der Waals surface area contributed by atoms with Gasteiger partial charge in [-0.05, 0) is 24.6 Å². The van der Waals surface area contributed by atoms with Crippen LogP contribution < -0.4 is 11.1 Å². The van der Waals surface area contributed by atoms with Crippen molar-refractivity contribution in [1.82, 2.24) is 15.3 Å². The van der Waals surface area contributed by atoms with E-state index in [0.717, 1.165) is 27.0 Å². The van der Waals surface area contributed by atoms with Crippen LogP contribution in [0.5, 0.6) is 0 Å². The van der Waals surface area contributed by atoms with Crippen LogP contribution >= 0.6 is 15.9 Å². The van der Waals surface area contributed by atoms with Crippen molar-refractivity contribution in [1.29, 1.82) is 0 Å². The molecule has 0 saturated heterocycles. The molecule has 0 bridgehead atoms. The van der Waals surface area contributed by atoms with E-state index in [1.165, 1.54) is 12.1 Å². The molecule has 0 aliphatic carbocycles. The molecule has 0 amide bonds. The van der Waals surface area contributed by atoms with E-state index in [1.54, 1.807) is 6.07 Å². The molecule has 104 valence electrons. The average Bonchev–Trinajstić information content (AvgIpc) is 2.37. The topological polar surface area (TPSA) is 63.8 Å². The van der Waals surface area contributed by atoms with Crippen molar-refractivity contribution < 1.29 is 4.39 Å². The van der Waals surface area contributed by atoms with Crippen LogP contribution in [0.4, 0.5) is 10.3 Å². The van der Waals surface area contributed by atoms with E-state index >= 15 is 0 Å². The summed E-state index contributed by atoms with van der Waals surface area (Å²) in [5, 5.41) is 3.44. The van der Waals surface area contributed by atoms with Crippen molar-refractivity contribution in [3.63, 3.8) is 0 Å². The Bertz CT molecular complexity index is 674. The molecular formula is C14H14BrFN4. The van der Waals surface area contributed by atoms with Crippen LogP contribution in [-0.4, -0.2) is 9.97 Å². The van der Waals surface area contributed by atoms with Crippen LogP contribution in [0.1, 0.15) is 28.6 Å². The van der Waals surface area contributed by atoms with Crippen molar-refractivity contribution in [2.45, 2.75) is 25.9 Å². The predicted octanol–water partition coefficient (Wildman–Crippen LogP) is 2.66. The predicted molar refractivity (Wildman–Crippen MR) is 78.6 cm³/mol. The number of nitrogen functional groups attached to an aromatic ring is 1. The van der Waals surface area contributed by atoms with Gasteiger partial charge >= 0.3 is 0 Å². The zero-order valence-electron chi connectivity index (χ0n) is 11.0. The van der Waals surface area contributed by atoms with Gasteiger partial charge in [0.15, 0.2) is 0 Å². The van der Waals surface area contributed by atoms with Crippen molar-refractivity contribution in [3.8, 4) is 0 Å². The van der Waals surface area contributed by atoms with Gasteiger partial charge in [-0.2, -0.15) is 0 Å². The Morgan fingerprint density at radius 3 is 2.95 bits per heavy atom. The van der Waals surface area contributed by atoms with E-state index in [0.29, 0.717) is 18.9 Å². The molecule has 1 aliphatic heterocycles. The summed E-state index contributed by atoms with van der Waals surface area (Å²) in [5.41, 5.74) is 9.72. The minimum absolute atomic E-state index is 0.0891. The maximum atomic E-state index is 13.2. The lowest BCUT2D eigenvalue weighted by atomic mass is 9.95. The number of nitrogens with zero attached hydrogens (tertiary/aromatic N) is 2. The molecule has 0 saturated carbocycles. The molecule has 0 radical (unpaired) electrons. The Balaban J connectivity index is 1.96. The molecule has 0 unspecified atom stereocenters. The highest BCUT2D eigenvalue weighted by Gasteiger charge is 2.24. The van der Waals surface area contributed by atoms with Crippen molar-refractivity contribution in [2.75, 3.05) is 5.73 Å². The van der Waals surface area contributed by atoms with Gasteiger partial charge in [-0.15, -0.1) is 0 Å². The van der Waals surface area contributed by atoms with E-state index < -0.39 is 0 Å². The molecule has 6 heteroatoms. The number of hydrogen-bond donors (Lipinski definition) is 2. The van der Waals surface area contributed by atoms with E-state index in [2.05, 4.69) is 31.2 Å². The summed E-state index contributed by atoms with van der Waals surface area (Å²) in [6.07, 6.45) is 0.715. The Hall–Kier alpha value is -1.53. The molecule has 2 aromatic rings. The fourth-order valence-corrected chi connectivity index (χ4v) is 3.20. The number of nitrogens with two attached hydrogens (primary N) is 1. The molecule has 20 heavy (non-hydrogen) atoms. The highest BCUT2D eigenvalue weighted by molar-refractivity contribution is 9.10. The third-order valence-electron chi connectivity index (χ3n) is 3.58. The zero-order chi connectivity index (χ0) is 14.3. The number of aryl methyl sites for hydroxylation is 1. The number of hydrogen-bond acceptors (Lipinski definition) is 4. The van der Waals surface area contributed by atoms with Gasteiger partial charge in [0, 0.05) is 34.7 Å². The average molecular weight is 337 g/mol. The summed E-state index contributed by atoms with van der Waals surface area (Å²) in [6.45, 7) is 2.63. The number of halogens is 2. The largest absolute Gasteiger partial charge is 0.368 e. The second-order valence-corrected chi connectivity index (χ2v) is 5.75. The van der Waals surface area contributed by atoms with Gasteiger partial charge in [0.05, 0.1) is 5.69 Å². The third-order valence-corrected chi connectivity index (χ3v) is 4.26. The van der Waals surface area contributed by atoms with Gasteiger partial charge < -0.3 is 11.1 Å². The Labute approximate surface area is 124 Å². The van der Waals surface area contributed by atoms with E-state index in [-0.39, 0.29) is 11.9 Å². The van der Waals surface area contributed by atoms with E-state index in [9.17, 15) is 4.39 Å². The molecule has 1 aromatic heterocycles. The van der Waals surface area contributed by atoms with Crippen LogP contribution in [0, 0.1) is 12.7 Å². The van der Waals surface area contributed by atoms with Crippen LogP contribution in [0.2, 0.25) is 0 Å². The summed E-state index contributed by atoms with van der Waals surface area (Å²) in [5.74, 6) is 0.0549. The second-order valence-electron chi connectivity index (χ2n) is 4.90. The van der Waals surface area contributed by atoms with Crippen LogP contribution in [0.15, 0.2) is 22.7 Å². The number of aromatic nitrogens is 2. The first-order valence-electron chi connectivity index (χ1n) is 6.35. The normalized spacial score (nSPS) is 17.9. The monoisotopic (exact) mass is 336 g/mol. The van der Waals surface area contributed by atoms with E-state index in [4.69, 9.17) is 5.73 Å². The SMILES string of the molecule is Cc1nc(N)nc2c1CN[C@@H](c1ccc(F)cc1Br)C2. The Morgan fingerprint density at radius 2 is 2.20 bits per heavy atom. The van der Waals surface area contributed by atoms with Gasteiger partial charge in [0.25, 0.3) is 0 Å². The Kier molecular flexibility index (Phi) is 3.43.